The highest BCUT2D eigenvalue weighted by Crippen LogP contribution is 2.23. The van der Waals surface area contributed by atoms with Crippen molar-refractivity contribution in [3.05, 3.63) is 65.9 Å². The van der Waals surface area contributed by atoms with Crippen LogP contribution in [-0.4, -0.2) is 33.0 Å². The van der Waals surface area contributed by atoms with Crippen LogP contribution < -0.4 is 4.90 Å². The average Bonchev–Trinajstić information content (AvgIpc) is 3.16. The Labute approximate surface area is 166 Å². The van der Waals surface area contributed by atoms with E-state index in [1.807, 2.05) is 42.5 Å². The van der Waals surface area contributed by atoms with Gasteiger partial charge in [0.25, 0.3) is 0 Å². The Balaban J connectivity index is 1.73. The van der Waals surface area contributed by atoms with Crippen LogP contribution in [0.4, 0.5) is 5.69 Å². The number of para-hydroxylation sites is 1. The van der Waals surface area contributed by atoms with E-state index < -0.39 is 0 Å². The van der Waals surface area contributed by atoms with Crippen molar-refractivity contribution in [1.29, 1.82) is 5.26 Å². The lowest BCUT2D eigenvalue weighted by Gasteiger charge is -2.21. The number of rotatable bonds is 7. The summed E-state index contributed by atoms with van der Waals surface area (Å²) in [6.45, 7) is 0.348. The number of carbonyl (C=O) groups excluding carboxylic acids is 1. The summed E-state index contributed by atoms with van der Waals surface area (Å²) >= 11 is 7.34. The molecule has 0 spiro atoms. The van der Waals surface area contributed by atoms with Crippen LogP contribution in [0.25, 0.3) is 5.69 Å². The molecule has 1 aromatic heterocycles. The fourth-order valence-corrected chi connectivity index (χ4v) is 3.49. The molecule has 0 bridgehead atoms. The summed E-state index contributed by atoms with van der Waals surface area (Å²) in [5.74, 6) is 0.0849. The maximum Gasteiger partial charge on any atom is 0.237 e. The SMILES string of the molecule is N#CCCN(C(=O)CSc1nncn1-c1cccc(Cl)c1)c1ccccc1. The van der Waals surface area contributed by atoms with Crippen molar-refractivity contribution < 1.29 is 4.79 Å². The number of carbonyl (C=O) groups is 1. The maximum absolute atomic E-state index is 12.8. The van der Waals surface area contributed by atoms with Gasteiger partial charge in [-0.1, -0.05) is 47.6 Å². The summed E-state index contributed by atoms with van der Waals surface area (Å²) < 4.78 is 1.78. The first-order valence-corrected chi connectivity index (χ1v) is 9.56. The predicted octanol–water partition coefficient (Wildman–Crippen LogP) is 3.96. The third-order valence-corrected chi connectivity index (χ3v) is 4.91. The standard InChI is InChI=1S/C19H16ClN5OS/c20-15-6-4-9-17(12-15)25-14-22-23-19(25)27-13-18(26)24(11-5-10-21)16-7-2-1-3-8-16/h1-4,6-9,12,14H,5,11,13H2. The number of aromatic nitrogens is 3. The molecule has 1 heterocycles. The average molecular weight is 398 g/mol. The Hall–Kier alpha value is -2.82. The lowest BCUT2D eigenvalue weighted by Crippen LogP contribution is -2.33. The van der Waals surface area contributed by atoms with Gasteiger partial charge in [-0.05, 0) is 30.3 Å². The Morgan fingerprint density at radius 1 is 1.22 bits per heavy atom. The molecule has 2 aromatic carbocycles. The van der Waals surface area contributed by atoms with E-state index in [0.29, 0.717) is 16.7 Å². The van der Waals surface area contributed by atoms with E-state index >= 15 is 0 Å². The molecule has 0 aliphatic carbocycles. The van der Waals surface area contributed by atoms with E-state index in [1.54, 1.807) is 27.9 Å². The molecule has 3 rings (SSSR count). The van der Waals surface area contributed by atoms with Crippen LogP contribution in [0.3, 0.4) is 0 Å². The first-order valence-electron chi connectivity index (χ1n) is 8.20. The van der Waals surface area contributed by atoms with Gasteiger partial charge in [-0.15, -0.1) is 10.2 Å². The van der Waals surface area contributed by atoms with Gasteiger partial charge in [0, 0.05) is 17.3 Å². The molecule has 3 aromatic rings. The molecule has 0 atom stereocenters. The minimum atomic E-state index is -0.0953. The van der Waals surface area contributed by atoms with Gasteiger partial charge in [-0.3, -0.25) is 9.36 Å². The zero-order valence-electron chi connectivity index (χ0n) is 14.3. The van der Waals surface area contributed by atoms with Gasteiger partial charge in [0.2, 0.25) is 5.91 Å². The van der Waals surface area contributed by atoms with Crippen molar-refractivity contribution in [1.82, 2.24) is 14.8 Å². The van der Waals surface area contributed by atoms with Crippen molar-refractivity contribution in [2.75, 3.05) is 17.2 Å². The largest absolute Gasteiger partial charge is 0.311 e. The van der Waals surface area contributed by atoms with Crippen LogP contribution in [0.2, 0.25) is 5.02 Å². The Morgan fingerprint density at radius 3 is 2.78 bits per heavy atom. The fourth-order valence-electron chi connectivity index (χ4n) is 2.50. The maximum atomic E-state index is 12.8. The second-order valence-electron chi connectivity index (χ2n) is 5.54. The van der Waals surface area contributed by atoms with E-state index in [9.17, 15) is 4.79 Å². The van der Waals surface area contributed by atoms with Crippen LogP contribution in [0, 0.1) is 11.3 Å². The number of benzene rings is 2. The van der Waals surface area contributed by atoms with Gasteiger partial charge < -0.3 is 4.90 Å². The summed E-state index contributed by atoms with van der Waals surface area (Å²) in [4.78, 5) is 14.4. The number of hydrogen-bond donors (Lipinski definition) is 0. The van der Waals surface area contributed by atoms with Crippen LogP contribution in [0.15, 0.2) is 66.1 Å². The number of hydrogen-bond acceptors (Lipinski definition) is 5. The van der Waals surface area contributed by atoms with Crippen molar-refractivity contribution in [2.45, 2.75) is 11.6 Å². The van der Waals surface area contributed by atoms with Crippen LogP contribution in [-0.2, 0) is 4.79 Å². The van der Waals surface area contributed by atoms with Crippen LogP contribution in [0.1, 0.15) is 6.42 Å². The van der Waals surface area contributed by atoms with E-state index in [4.69, 9.17) is 16.9 Å². The van der Waals surface area contributed by atoms with Gasteiger partial charge in [-0.25, -0.2) is 0 Å². The van der Waals surface area contributed by atoms with Crippen LogP contribution in [0.5, 0.6) is 0 Å². The zero-order chi connectivity index (χ0) is 19.1. The summed E-state index contributed by atoms with van der Waals surface area (Å²) in [6, 6.07) is 18.8. The van der Waals surface area contributed by atoms with E-state index in [1.165, 1.54) is 11.8 Å². The molecule has 0 aliphatic heterocycles. The third-order valence-electron chi connectivity index (χ3n) is 3.74. The van der Waals surface area contributed by atoms with Gasteiger partial charge in [0.05, 0.1) is 23.9 Å². The fraction of sp³-hybridized carbons (Fsp3) is 0.158. The third kappa shape index (κ3) is 4.88. The molecule has 0 unspecified atom stereocenters. The first kappa shape index (κ1) is 19.0. The van der Waals surface area contributed by atoms with Crippen LogP contribution >= 0.6 is 23.4 Å². The van der Waals surface area contributed by atoms with Gasteiger partial charge in [-0.2, -0.15) is 5.26 Å². The zero-order valence-corrected chi connectivity index (χ0v) is 15.9. The monoisotopic (exact) mass is 397 g/mol. The molecular formula is C19H16ClN5OS. The number of halogens is 1. The number of thioether (sulfide) groups is 1. The van der Waals surface area contributed by atoms with Crippen molar-refractivity contribution in [2.24, 2.45) is 0 Å². The van der Waals surface area contributed by atoms with Gasteiger partial charge in [0.15, 0.2) is 5.16 Å². The molecule has 0 N–H and O–H groups in total. The topological polar surface area (TPSA) is 74.8 Å². The lowest BCUT2D eigenvalue weighted by molar-refractivity contribution is -0.116. The molecule has 0 saturated heterocycles. The molecule has 0 fully saturated rings. The summed E-state index contributed by atoms with van der Waals surface area (Å²) in [5.41, 5.74) is 1.60. The molecule has 6 nitrogen and oxygen atoms in total. The quantitative estimate of drug-likeness (QED) is 0.564. The molecule has 136 valence electrons. The summed E-state index contributed by atoms with van der Waals surface area (Å²) in [5, 5.41) is 18.1. The highest BCUT2D eigenvalue weighted by molar-refractivity contribution is 7.99. The summed E-state index contributed by atoms with van der Waals surface area (Å²) in [6.07, 6.45) is 1.85. The second-order valence-corrected chi connectivity index (χ2v) is 6.92. The van der Waals surface area contributed by atoms with E-state index in [-0.39, 0.29) is 18.1 Å². The lowest BCUT2D eigenvalue weighted by atomic mass is 10.2. The molecule has 27 heavy (non-hydrogen) atoms. The first-order chi connectivity index (χ1) is 13.2. The van der Waals surface area contributed by atoms with Gasteiger partial charge in [0.1, 0.15) is 6.33 Å². The highest BCUT2D eigenvalue weighted by atomic mass is 35.5. The molecular weight excluding hydrogens is 382 g/mol. The molecule has 0 aliphatic rings. The smallest absolute Gasteiger partial charge is 0.237 e. The Bertz CT molecular complexity index is 954. The summed E-state index contributed by atoms with van der Waals surface area (Å²) in [7, 11) is 0. The molecule has 1 amide bonds. The van der Waals surface area contributed by atoms with E-state index in [0.717, 1.165) is 11.4 Å². The number of amides is 1. The van der Waals surface area contributed by atoms with E-state index in [2.05, 4.69) is 16.3 Å². The van der Waals surface area contributed by atoms with Crippen molar-refractivity contribution in [3.8, 4) is 11.8 Å². The van der Waals surface area contributed by atoms with Gasteiger partial charge >= 0.3 is 0 Å². The number of anilines is 1. The number of nitriles is 1. The Kier molecular flexibility index (Phi) is 6.47. The minimum absolute atomic E-state index is 0.0953. The normalized spacial score (nSPS) is 10.4. The second kappa shape index (κ2) is 9.21. The molecule has 8 heteroatoms. The predicted molar refractivity (Wildman–Crippen MR) is 106 cm³/mol. The van der Waals surface area contributed by atoms with Crippen molar-refractivity contribution >= 4 is 35.0 Å². The molecule has 0 radical (unpaired) electrons. The highest BCUT2D eigenvalue weighted by Gasteiger charge is 2.17. The molecule has 0 saturated carbocycles. The van der Waals surface area contributed by atoms with Crippen molar-refractivity contribution in [3.63, 3.8) is 0 Å². The Morgan fingerprint density at radius 2 is 2.04 bits per heavy atom. The minimum Gasteiger partial charge on any atom is -0.311 e. The number of nitrogens with zero attached hydrogens (tertiary/aromatic N) is 5.